The van der Waals surface area contributed by atoms with E-state index in [1.165, 1.54) is 6.33 Å². The number of aromatic nitrogens is 6. The summed E-state index contributed by atoms with van der Waals surface area (Å²) >= 11 is 0. The Balaban J connectivity index is 1.25. The van der Waals surface area contributed by atoms with Crippen molar-refractivity contribution in [2.75, 3.05) is 0 Å². The lowest BCUT2D eigenvalue weighted by atomic mass is 10.2. The van der Waals surface area contributed by atoms with E-state index in [0.29, 0.717) is 37.5 Å². The molecule has 0 saturated carbocycles. The van der Waals surface area contributed by atoms with Crippen LogP contribution in [0.3, 0.4) is 0 Å². The molecule has 27 heavy (non-hydrogen) atoms. The summed E-state index contributed by atoms with van der Waals surface area (Å²) in [6.45, 7) is 0.395. The van der Waals surface area contributed by atoms with Gasteiger partial charge in [-0.3, -0.25) is 9.78 Å². The van der Waals surface area contributed by atoms with E-state index in [4.69, 9.17) is 4.52 Å². The van der Waals surface area contributed by atoms with Crippen LogP contribution < -0.4 is 5.32 Å². The molecule has 0 spiro atoms. The summed E-state index contributed by atoms with van der Waals surface area (Å²) in [5.74, 6) is 1.00. The highest BCUT2D eigenvalue weighted by Gasteiger charge is 2.10. The van der Waals surface area contributed by atoms with Crippen LogP contribution in [-0.2, 0) is 17.8 Å². The lowest BCUT2D eigenvalue weighted by molar-refractivity contribution is -0.121. The Hall–Kier alpha value is -3.62. The molecule has 0 radical (unpaired) electrons. The van der Waals surface area contributed by atoms with Gasteiger partial charge in [0, 0.05) is 30.8 Å². The van der Waals surface area contributed by atoms with Gasteiger partial charge < -0.3 is 9.84 Å². The maximum Gasteiger partial charge on any atom is 0.226 e. The molecule has 4 aromatic rings. The van der Waals surface area contributed by atoms with Crippen molar-refractivity contribution < 1.29 is 9.32 Å². The molecule has 0 fully saturated rings. The van der Waals surface area contributed by atoms with Crippen LogP contribution in [0.1, 0.15) is 24.4 Å². The second-order valence-corrected chi connectivity index (χ2v) is 5.93. The molecule has 9 nitrogen and oxygen atoms in total. The van der Waals surface area contributed by atoms with Gasteiger partial charge in [-0.2, -0.15) is 10.1 Å². The fourth-order valence-electron chi connectivity index (χ4n) is 2.69. The van der Waals surface area contributed by atoms with Gasteiger partial charge in [0.1, 0.15) is 6.33 Å². The molecule has 0 bridgehead atoms. The molecule has 9 heteroatoms. The van der Waals surface area contributed by atoms with Crippen LogP contribution in [0, 0.1) is 0 Å². The molecule has 0 aromatic carbocycles. The number of fused-ring (bicyclic) bond motifs is 1. The van der Waals surface area contributed by atoms with Crippen molar-refractivity contribution >= 4 is 11.6 Å². The predicted molar refractivity (Wildman–Crippen MR) is 95.3 cm³/mol. The third-order valence-corrected chi connectivity index (χ3v) is 4.05. The smallest absolute Gasteiger partial charge is 0.226 e. The van der Waals surface area contributed by atoms with Crippen molar-refractivity contribution in [3.8, 4) is 11.4 Å². The first-order valence-electron chi connectivity index (χ1n) is 8.57. The molecule has 0 aliphatic rings. The average Bonchev–Trinajstić information content (AvgIpc) is 3.37. The van der Waals surface area contributed by atoms with Gasteiger partial charge in [-0.25, -0.2) is 9.50 Å². The maximum absolute atomic E-state index is 12.1. The number of nitrogens with zero attached hydrogens (tertiary/aromatic N) is 6. The van der Waals surface area contributed by atoms with E-state index in [1.807, 2.05) is 30.3 Å². The minimum Gasteiger partial charge on any atom is -0.350 e. The van der Waals surface area contributed by atoms with Gasteiger partial charge in [-0.05, 0) is 30.7 Å². The summed E-state index contributed by atoms with van der Waals surface area (Å²) in [4.78, 5) is 24.5. The molecule has 0 atom stereocenters. The first-order valence-corrected chi connectivity index (χ1v) is 8.57. The largest absolute Gasteiger partial charge is 0.350 e. The summed E-state index contributed by atoms with van der Waals surface area (Å²) < 4.78 is 6.95. The molecular formula is C18H17N7O2. The Bertz CT molecular complexity index is 1040. The van der Waals surface area contributed by atoms with Crippen LogP contribution in [0.4, 0.5) is 0 Å². The van der Waals surface area contributed by atoms with E-state index in [1.54, 1.807) is 16.9 Å². The van der Waals surface area contributed by atoms with Gasteiger partial charge in [-0.1, -0.05) is 11.2 Å². The van der Waals surface area contributed by atoms with Crippen LogP contribution in [0.5, 0.6) is 0 Å². The molecule has 0 aliphatic carbocycles. The van der Waals surface area contributed by atoms with Crippen molar-refractivity contribution in [3.63, 3.8) is 0 Å². The van der Waals surface area contributed by atoms with Gasteiger partial charge in [0.2, 0.25) is 17.6 Å². The first kappa shape index (κ1) is 16.8. The average molecular weight is 363 g/mol. The Morgan fingerprint density at radius 1 is 1.19 bits per heavy atom. The molecule has 4 aromatic heterocycles. The lowest BCUT2D eigenvalue weighted by Crippen LogP contribution is -2.23. The minimum atomic E-state index is -0.0407. The zero-order chi connectivity index (χ0) is 18.5. The number of rotatable bonds is 7. The summed E-state index contributed by atoms with van der Waals surface area (Å²) in [6, 6.07) is 9.29. The third-order valence-electron chi connectivity index (χ3n) is 4.05. The number of hydrogen-bond acceptors (Lipinski definition) is 7. The first-order chi connectivity index (χ1) is 13.3. The number of hydrogen-bond donors (Lipinski definition) is 1. The van der Waals surface area contributed by atoms with E-state index < -0.39 is 0 Å². The predicted octanol–water partition coefficient (Wildman–Crippen LogP) is 1.81. The quantitative estimate of drug-likeness (QED) is 0.533. The van der Waals surface area contributed by atoms with E-state index in [9.17, 15) is 4.79 Å². The topological polar surface area (TPSA) is 111 Å². The van der Waals surface area contributed by atoms with Crippen LogP contribution >= 0.6 is 0 Å². The van der Waals surface area contributed by atoms with E-state index in [0.717, 1.165) is 16.9 Å². The van der Waals surface area contributed by atoms with E-state index in [-0.39, 0.29) is 5.91 Å². The molecular weight excluding hydrogens is 346 g/mol. The standard InChI is InChI=1S/C18H17N7O2/c26-16(20-11-14-3-1-4-15-21-12-22-25(14)15)5-2-6-17-23-18(24-27-17)13-7-9-19-10-8-13/h1,3-4,7-10,12H,2,5-6,11H2,(H,20,26). The maximum atomic E-state index is 12.1. The van der Waals surface area contributed by atoms with Gasteiger partial charge in [0.05, 0.1) is 12.2 Å². The van der Waals surface area contributed by atoms with Crippen LogP contribution in [-0.4, -0.2) is 35.6 Å². The molecule has 0 aliphatic heterocycles. The highest BCUT2D eigenvalue weighted by Crippen LogP contribution is 2.15. The molecule has 4 heterocycles. The van der Waals surface area contributed by atoms with Crippen LogP contribution in [0.2, 0.25) is 0 Å². The number of carbonyl (C=O) groups is 1. The molecule has 0 unspecified atom stereocenters. The highest BCUT2D eigenvalue weighted by atomic mass is 16.5. The van der Waals surface area contributed by atoms with E-state index >= 15 is 0 Å². The Kier molecular flexibility index (Phi) is 4.82. The zero-order valence-electron chi connectivity index (χ0n) is 14.4. The summed E-state index contributed by atoms with van der Waals surface area (Å²) in [5.41, 5.74) is 2.47. The fourth-order valence-corrected chi connectivity index (χ4v) is 2.69. The Morgan fingerprint density at radius 3 is 2.96 bits per heavy atom. The summed E-state index contributed by atoms with van der Waals surface area (Å²) in [6.07, 6.45) is 6.39. The van der Waals surface area contributed by atoms with E-state index in [2.05, 4.69) is 30.5 Å². The molecule has 4 rings (SSSR count). The molecule has 0 saturated heterocycles. The lowest BCUT2D eigenvalue weighted by Gasteiger charge is -2.06. The third kappa shape index (κ3) is 3.97. The second kappa shape index (κ2) is 7.73. The summed E-state index contributed by atoms with van der Waals surface area (Å²) in [5, 5.41) is 11.0. The van der Waals surface area contributed by atoms with Gasteiger partial charge in [-0.15, -0.1) is 0 Å². The van der Waals surface area contributed by atoms with Crippen LogP contribution in [0.15, 0.2) is 53.6 Å². The number of amides is 1. The molecule has 1 amide bonds. The monoisotopic (exact) mass is 363 g/mol. The summed E-state index contributed by atoms with van der Waals surface area (Å²) in [7, 11) is 0. The normalized spacial score (nSPS) is 11.0. The SMILES string of the molecule is O=C(CCCc1nc(-c2ccncc2)no1)NCc1cccc2ncnn12. The fraction of sp³-hybridized carbons (Fsp3) is 0.222. The van der Waals surface area contributed by atoms with Crippen LogP contribution in [0.25, 0.3) is 17.0 Å². The number of aryl methyl sites for hydroxylation is 1. The molecule has 1 N–H and O–H groups in total. The van der Waals surface area contributed by atoms with Gasteiger partial charge in [0.15, 0.2) is 5.65 Å². The Morgan fingerprint density at radius 2 is 2.07 bits per heavy atom. The molecule has 136 valence electrons. The number of carbonyl (C=O) groups excluding carboxylic acids is 1. The van der Waals surface area contributed by atoms with Crippen molar-refractivity contribution in [2.24, 2.45) is 0 Å². The number of pyridine rings is 2. The van der Waals surface area contributed by atoms with Crippen molar-refractivity contribution in [1.29, 1.82) is 0 Å². The van der Waals surface area contributed by atoms with Gasteiger partial charge in [0.25, 0.3) is 0 Å². The number of nitrogens with one attached hydrogen (secondary N) is 1. The zero-order valence-corrected chi connectivity index (χ0v) is 14.4. The van der Waals surface area contributed by atoms with Crippen molar-refractivity contribution in [3.05, 3.63) is 60.6 Å². The second-order valence-electron chi connectivity index (χ2n) is 5.93. The van der Waals surface area contributed by atoms with Gasteiger partial charge >= 0.3 is 0 Å². The minimum absolute atomic E-state index is 0.0407. The van der Waals surface area contributed by atoms with Crippen molar-refractivity contribution in [1.82, 2.24) is 35.0 Å². The highest BCUT2D eigenvalue weighted by molar-refractivity contribution is 5.75. The van der Waals surface area contributed by atoms with Crippen molar-refractivity contribution in [2.45, 2.75) is 25.8 Å². The Labute approximate surface area is 154 Å².